The quantitative estimate of drug-likeness (QED) is 0.634. The van der Waals surface area contributed by atoms with E-state index in [9.17, 15) is 0 Å². The Bertz CT molecular complexity index is 359. The fraction of sp³-hybridized carbons (Fsp3) is 0.625. The summed E-state index contributed by atoms with van der Waals surface area (Å²) in [6.07, 6.45) is 6.25. The topological polar surface area (TPSA) is 12.0 Å². The Hall–Kier alpha value is -0.240. The van der Waals surface area contributed by atoms with Crippen molar-refractivity contribution in [1.82, 2.24) is 5.32 Å². The zero-order valence-electron chi connectivity index (χ0n) is 12.2. The first-order chi connectivity index (χ1) is 9.10. The molecular weight excluding hydrogens is 277 g/mol. The van der Waals surface area contributed by atoms with Crippen molar-refractivity contribution in [1.29, 1.82) is 0 Å². The van der Waals surface area contributed by atoms with E-state index in [0.717, 1.165) is 12.3 Å². The molecule has 0 heterocycles. The Morgan fingerprint density at radius 1 is 1.11 bits per heavy atom. The lowest BCUT2D eigenvalue weighted by atomic mass is 9.89. The van der Waals surface area contributed by atoms with Gasteiger partial charge in [0.15, 0.2) is 0 Å². The first-order valence-electron chi connectivity index (χ1n) is 7.23. The van der Waals surface area contributed by atoms with E-state index in [-0.39, 0.29) is 0 Å². The summed E-state index contributed by atoms with van der Waals surface area (Å²) in [6, 6.07) is 6.15. The third-order valence-corrected chi connectivity index (χ3v) is 4.18. The molecule has 1 N–H and O–H groups in total. The predicted octanol–water partition coefficient (Wildman–Crippen LogP) is 5.86. The summed E-state index contributed by atoms with van der Waals surface area (Å²) in [6.45, 7) is 4.52. The van der Waals surface area contributed by atoms with Crippen LogP contribution in [0.4, 0.5) is 0 Å². The van der Waals surface area contributed by atoms with Gasteiger partial charge in [-0.05, 0) is 43.1 Å². The smallest absolute Gasteiger partial charge is 0.0424 e. The Morgan fingerprint density at radius 2 is 1.74 bits per heavy atom. The summed E-state index contributed by atoms with van der Waals surface area (Å²) >= 11 is 12.2. The van der Waals surface area contributed by atoms with Crippen LogP contribution >= 0.6 is 23.2 Å². The fourth-order valence-corrected chi connectivity index (χ4v) is 3.05. The molecule has 1 rings (SSSR count). The van der Waals surface area contributed by atoms with Crippen molar-refractivity contribution in [2.75, 3.05) is 7.05 Å². The zero-order chi connectivity index (χ0) is 14.3. The molecule has 0 aromatic heterocycles. The summed E-state index contributed by atoms with van der Waals surface area (Å²) in [5.74, 6) is 0.759. The monoisotopic (exact) mass is 301 g/mol. The molecule has 0 saturated carbocycles. The van der Waals surface area contributed by atoms with Gasteiger partial charge in [-0.3, -0.25) is 0 Å². The van der Waals surface area contributed by atoms with E-state index >= 15 is 0 Å². The van der Waals surface area contributed by atoms with Crippen LogP contribution in [-0.4, -0.2) is 7.05 Å². The Labute approximate surface area is 127 Å². The number of hydrogen-bond acceptors (Lipinski definition) is 1. The van der Waals surface area contributed by atoms with Gasteiger partial charge in [-0.15, -0.1) is 0 Å². The summed E-state index contributed by atoms with van der Waals surface area (Å²) in [5.41, 5.74) is 1.19. The lowest BCUT2D eigenvalue weighted by molar-refractivity contribution is 0.365. The highest BCUT2D eigenvalue weighted by Crippen LogP contribution is 2.30. The van der Waals surface area contributed by atoms with Gasteiger partial charge in [0.1, 0.15) is 0 Å². The highest BCUT2D eigenvalue weighted by Gasteiger charge is 2.16. The van der Waals surface area contributed by atoms with Crippen LogP contribution in [0, 0.1) is 5.92 Å². The van der Waals surface area contributed by atoms with Gasteiger partial charge in [-0.2, -0.15) is 0 Å². The minimum atomic E-state index is 0.331. The second-order valence-electron chi connectivity index (χ2n) is 5.20. The van der Waals surface area contributed by atoms with Crippen LogP contribution in [0.1, 0.15) is 57.6 Å². The SMILES string of the molecule is CCCCC(CC)CC(NC)c1cc(Cl)cc(Cl)c1. The van der Waals surface area contributed by atoms with Crippen LogP contribution in [0.25, 0.3) is 0 Å². The highest BCUT2D eigenvalue weighted by atomic mass is 35.5. The van der Waals surface area contributed by atoms with Gasteiger partial charge in [-0.25, -0.2) is 0 Å². The normalized spacial score (nSPS) is 14.4. The van der Waals surface area contributed by atoms with Gasteiger partial charge in [0.05, 0.1) is 0 Å². The van der Waals surface area contributed by atoms with Gasteiger partial charge >= 0.3 is 0 Å². The molecule has 0 spiro atoms. The van der Waals surface area contributed by atoms with E-state index in [0.29, 0.717) is 16.1 Å². The average Bonchev–Trinajstić information content (AvgIpc) is 2.38. The lowest BCUT2D eigenvalue weighted by Crippen LogP contribution is -2.20. The summed E-state index contributed by atoms with van der Waals surface area (Å²) in [7, 11) is 2.01. The van der Waals surface area contributed by atoms with Gasteiger partial charge < -0.3 is 5.32 Å². The molecule has 2 unspecified atom stereocenters. The second kappa shape index (κ2) is 8.84. The maximum atomic E-state index is 6.09. The van der Waals surface area contributed by atoms with Crippen molar-refractivity contribution in [2.45, 2.75) is 52.0 Å². The van der Waals surface area contributed by atoms with Crippen molar-refractivity contribution in [3.05, 3.63) is 33.8 Å². The largest absolute Gasteiger partial charge is 0.313 e. The molecule has 0 radical (unpaired) electrons. The lowest BCUT2D eigenvalue weighted by Gasteiger charge is -2.23. The summed E-state index contributed by atoms with van der Waals surface area (Å²) in [4.78, 5) is 0. The summed E-state index contributed by atoms with van der Waals surface area (Å²) in [5, 5.41) is 4.82. The van der Waals surface area contributed by atoms with Crippen LogP contribution in [0.5, 0.6) is 0 Å². The van der Waals surface area contributed by atoms with Crippen LogP contribution < -0.4 is 5.32 Å². The first-order valence-corrected chi connectivity index (χ1v) is 7.99. The van der Waals surface area contributed by atoms with Crippen molar-refractivity contribution >= 4 is 23.2 Å². The molecule has 0 amide bonds. The number of unbranched alkanes of at least 4 members (excludes halogenated alkanes) is 1. The van der Waals surface area contributed by atoms with Crippen LogP contribution in [0.3, 0.4) is 0 Å². The number of nitrogens with one attached hydrogen (secondary N) is 1. The first kappa shape index (κ1) is 16.8. The number of halogens is 2. The predicted molar refractivity (Wildman–Crippen MR) is 86.2 cm³/mol. The molecule has 1 nitrogen and oxygen atoms in total. The molecule has 0 aliphatic heterocycles. The van der Waals surface area contributed by atoms with E-state index in [1.807, 2.05) is 19.2 Å². The minimum absolute atomic E-state index is 0.331. The van der Waals surface area contributed by atoms with Gasteiger partial charge in [0.2, 0.25) is 0 Å². The van der Waals surface area contributed by atoms with Crippen molar-refractivity contribution in [2.24, 2.45) is 5.92 Å². The molecular formula is C16H25Cl2N. The molecule has 108 valence electrons. The van der Waals surface area contributed by atoms with Crippen LogP contribution in [0.2, 0.25) is 10.0 Å². The number of rotatable bonds is 8. The van der Waals surface area contributed by atoms with Crippen molar-refractivity contribution in [3.63, 3.8) is 0 Å². The number of hydrogen-bond donors (Lipinski definition) is 1. The maximum Gasteiger partial charge on any atom is 0.0424 e. The molecule has 1 aromatic rings. The van der Waals surface area contributed by atoms with E-state index in [1.165, 1.54) is 31.2 Å². The second-order valence-corrected chi connectivity index (χ2v) is 6.07. The molecule has 3 heteroatoms. The van der Waals surface area contributed by atoms with E-state index < -0.39 is 0 Å². The van der Waals surface area contributed by atoms with Crippen LogP contribution in [-0.2, 0) is 0 Å². The standard InChI is InChI=1S/C16H25Cl2N/c1-4-6-7-12(5-2)8-16(19-3)13-9-14(17)11-15(18)10-13/h9-12,16,19H,4-8H2,1-3H3. The van der Waals surface area contributed by atoms with Crippen molar-refractivity contribution in [3.8, 4) is 0 Å². The third kappa shape index (κ3) is 5.72. The molecule has 0 fully saturated rings. The van der Waals surface area contributed by atoms with Gasteiger partial charge in [0.25, 0.3) is 0 Å². The average molecular weight is 302 g/mol. The Balaban J connectivity index is 2.75. The van der Waals surface area contributed by atoms with E-state index in [2.05, 4.69) is 19.2 Å². The number of benzene rings is 1. The highest BCUT2D eigenvalue weighted by molar-refractivity contribution is 6.34. The molecule has 0 aliphatic carbocycles. The minimum Gasteiger partial charge on any atom is -0.313 e. The third-order valence-electron chi connectivity index (χ3n) is 3.75. The molecule has 2 atom stereocenters. The van der Waals surface area contributed by atoms with E-state index in [1.54, 1.807) is 6.07 Å². The summed E-state index contributed by atoms with van der Waals surface area (Å²) < 4.78 is 0. The zero-order valence-corrected chi connectivity index (χ0v) is 13.7. The molecule has 0 bridgehead atoms. The molecule has 0 saturated heterocycles. The fourth-order valence-electron chi connectivity index (χ4n) is 2.51. The Morgan fingerprint density at radius 3 is 2.21 bits per heavy atom. The van der Waals surface area contributed by atoms with Crippen molar-refractivity contribution < 1.29 is 0 Å². The maximum absolute atomic E-state index is 6.09. The van der Waals surface area contributed by atoms with E-state index in [4.69, 9.17) is 23.2 Å². The van der Waals surface area contributed by atoms with Gasteiger partial charge in [0, 0.05) is 16.1 Å². The molecule has 0 aliphatic rings. The van der Waals surface area contributed by atoms with Crippen LogP contribution in [0.15, 0.2) is 18.2 Å². The Kier molecular flexibility index (Phi) is 7.82. The molecule has 1 aromatic carbocycles. The molecule has 19 heavy (non-hydrogen) atoms. The van der Waals surface area contributed by atoms with Gasteiger partial charge in [-0.1, -0.05) is 62.7 Å².